The molecule has 6 nitrogen and oxygen atoms in total. The minimum atomic E-state index is -1.05. The molecule has 0 aliphatic rings. The zero-order valence-corrected chi connectivity index (χ0v) is 14.7. The lowest BCUT2D eigenvalue weighted by Gasteiger charge is -2.12. The van der Waals surface area contributed by atoms with Crippen molar-refractivity contribution in [2.45, 2.75) is 17.9 Å². The topological polar surface area (TPSA) is 98.5 Å². The first kappa shape index (κ1) is 19.5. The summed E-state index contributed by atoms with van der Waals surface area (Å²) in [5, 5.41) is 2.63. The Morgan fingerprint density at radius 3 is 2.46 bits per heavy atom. The lowest BCUT2D eigenvalue weighted by molar-refractivity contribution is -0.125. The van der Waals surface area contributed by atoms with Gasteiger partial charge in [0.2, 0.25) is 5.91 Å². The van der Waals surface area contributed by atoms with Crippen LogP contribution in [-0.4, -0.2) is 29.6 Å². The van der Waals surface area contributed by atoms with Crippen molar-refractivity contribution in [3.05, 3.63) is 59.9 Å². The van der Waals surface area contributed by atoms with E-state index < -0.39 is 23.8 Å². The highest BCUT2D eigenvalue weighted by Crippen LogP contribution is 2.24. The quantitative estimate of drug-likeness (QED) is 0.572. The number of primary amides is 1. The average Bonchev–Trinajstić information content (AvgIpc) is 2.62. The fraction of sp³-hybridized carbons (Fsp3) is 0.167. The van der Waals surface area contributed by atoms with Gasteiger partial charge in [-0.25, -0.2) is 9.18 Å². The van der Waals surface area contributed by atoms with Gasteiger partial charge in [-0.3, -0.25) is 9.59 Å². The van der Waals surface area contributed by atoms with Gasteiger partial charge in [0.25, 0.3) is 5.91 Å². The summed E-state index contributed by atoms with van der Waals surface area (Å²) in [7, 11) is 0. The van der Waals surface area contributed by atoms with Crippen molar-refractivity contribution in [2.75, 3.05) is 11.1 Å². The Balaban J connectivity index is 1.99. The fourth-order valence-corrected chi connectivity index (χ4v) is 2.76. The zero-order valence-electron chi connectivity index (χ0n) is 13.9. The van der Waals surface area contributed by atoms with Crippen LogP contribution in [-0.2, 0) is 14.3 Å². The number of nitrogens with two attached hydrogens (primary N) is 1. The van der Waals surface area contributed by atoms with E-state index in [1.54, 1.807) is 18.2 Å². The molecule has 0 heterocycles. The van der Waals surface area contributed by atoms with Crippen molar-refractivity contribution in [2.24, 2.45) is 5.73 Å². The van der Waals surface area contributed by atoms with Crippen molar-refractivity contribution in [1.82, 2.24) is 0 Å². The Kier molecular flexibility index (Phi) is 6.74. The van der Waals surface area contributed by atoms with Gasteiger partial charge < -0.3 is 15.8 Å². The van der Waals surface area contributed by atoms with Crippen LogP contribution in [0.3, 0.4) is 0 Å². The maximum absolute atomic E-state index is 12.9. The van der Waals surface area contributed by atoms with E-state index in [0.717, 1.165) is 11.8 Å². The molecule has 8 heteroatoms. The van der Waals surface area contributed by atoms with E-state index >= 15 is 0 Å². The number of amides is 2. The van der Waals surface area contributed by atoms with Crippen LogP contribution in [0, 0.1) is 5.82 Å². The van der Waals surface area contributed by atoms with E-state index in [-0.39, 0.29) is 17.2 Å². The second-order valence-electron chi connectivity index (χ2n) is 5.29. The molecule has 1 atom stereocenters. The van der Waals surface area contributed by atoms with Gasteiger partial charge in [-0.15, -0.1) is 11.8 Å². The summed E-state index contributed by atoms with van der Waals surface area (Å²) in [6, 6.07) is 12.0. The summed E-state index contributed by atoms with van der Waals surface area (Å²) >= 11 is 1.14. The summed E-state index contributed by atoms with van der Waals surface area (Å²) in [6.07, 6.45) is -1.05. The highest BCUT2D eigenvalue weighted by atomic mass is 32.2. The van der Waals surface area contributed by atoms with E-state index in [4.69, 9.17) is 10.5 Å². The highest BCUT2D eigenvalue weighted by molar-refractivity contribution is 8.00. The van der Waals surface area contributed by atoms with Crippen LogP contribution in [0.1, 0.15) is 17.3 Å². The molecule has 0 fully saturated rings. The normalized spacial score (nSPS) is 11.5. The van der Waals surface area contributed by atoms with Gasteiger partial charge in [0.1, 0.15) is 5.82 Å². The second kappa shape index (κ2) is 9.00. The third kappa shape index (κ3) is 5.59. The first-order chi connectivity index (χ1) is 12.4. The molecule has 0 spiro atoms. The Bertz CT molecular complexity index is 811. The van der Waals surface area contributed by atoms with Crippen LogP contribution in [0.25, 0.3) is 0 Å². The molecule has 136 valence electrons. The van der Waals surface area contributed by atoms with Gasteiger partial charge in [0, 0.05) is 10.6 Å². The van der Waals surface area contributed by atoms with E-state index in [2.05, 4.69) is 5.32 Å². The van der Waals surface area contributed by atoms with Gasteiger partial charge in [-0.2, -0.15) is 0 Å². The van der Waals surface area contributed by atoms with Crippen molar-refractivity contribution >= 4 is 35.2 Å². The summed E-state index contributed by atoms with van der Waals surface area (Å²) in [4.78, 5) is 35.7. The first-order valence-electron chi connectivity index (χ1n) is 7.64. The predicted molar refractivity (Wildman–Crippen MR) is 96.3 cm³/mol. The SMILES string of the molecule is C[C@H](OC(=O)c1ccccc1SCC(=O)Nc1ccc(F)cc1)C(N)=O. The van der Waals surface area contributed by atoms with Gasteiger partial charge in [-0.05, 0) is 43.3 Å². The molecule has 0 aliphatic heterocycles. The van der Waals surface area contributed by atoms with Gasteiger partial charge in [0.15, 0.2) is 6.10 Å². The molecule has 0 aliphatic carbocycles. The number of rotatable bonds is 7. The third-order valence-electron chi connectivity index (χ3n) is 3.28. The molecule has 0 unspecified atom stereocenters. The number of halogens is 1. The van der Waals surface area contributed by atoms with E-state index in [1.165, 1.54) is 37.3 Å². The van der Waals surface area contributed by atoms with E-state index in [0.29, 0.717) is 10.6 Å². The molecular formula is C18H17FN2O4S. The lowest BCUT2D eigenvalue weighted by Crippen LogP contribution is -2.30. The molecule has 0 radical (unpaired) electrons. The third-order valence-corrected chi connectivity index (χ3v) is 4.35. The van der Waals surface area contributed by atoms with Crippen LogP contribution in [0.5, 0.6) is 0 Å². The lowest BCUT2D eigenvalue weighted by atomic mass is 10.2. The maximum atomic E-state index is 12.9. The number of hydrogen-bond acceptors (Lipinski definition) is 5. The number of ether oxygens (including phenoxy) is 1. The van der Waals surface area contributed by atoms with Gasteiger partial charge in [-0.1, -0.05) is 12.1 Å². The smallest absolute Gasteiger partial charge is 0.340 e. The molecule has 0 saturated carbocycles. The Labute approximate surface area is 153 Å². The first-order valence-corrected chi connectivity index (χ1v) is 8.63. The van der Waals surface area contributed by atoms with Crippen molar-refractivity contribution in [3.8, 4) is 0 Å². The summed E-state index contributed by atoms with van der Waals surface area (Å²) in [5.74, 6) is -2.11. The number of esters is 1. The minimum Gasteiger partial charge on any atom is -0.449 e. The molecular weight excluding hydrogens is 359 g/mol. The Hall–Kier alpha value is -2.87. The molecule has 2 aromatic rings. The van der Waals surface area contributed by atoms with Crippen LogP contribution >= 0.6 is 11.8 Å². The van der Waals surface area contributed by atoms with Gasteiger partial charge >= 0.3 is 5.97 Å². The van der Waals surface area contributed by atoms with Crippen molar-refractivity contribution < 1.29 is 23.5 Å². The second-order valence-corrected chi connectivity index (χ2v) is 6.31. The van der Waals surface area contributed by atoms with Crippen LogP contribution < -0.4 is 11.1 Å². The maximum Gasteiger partial charge on any atom is 0.340 e. The Morgan fingerprint density at radius 2 is 1.81 bits per heavy atom. The number of carbonyl (C=O) groups excluding carboxylic acids is 3. The molecule has 0 bridgehead atoms. The highest BCUT2D eigenvalue weighted by Gasteiger charge is 2.19. The number of anilines is 1. The number of carbonyl (C=O) groups is 3. The summed E-state index contributed by atoms with van der Waals surface area (Å²) < 4.78 is 17.9. The minimum absolute atomic E-state index is 0.0348. The van der Waals surface area contributed by atoms with E-state index in [1.807, 2.05) is 0 Å². The van der Waals surface area contributed by atoms with Crippen LogP contribution in [0.2, 0.25) is 0 Å². The molecule has 3 N–H and O–H groups in total. The van der Waals surface area contributed by atoms with Crippen LogP contribution in [0.4, 0.5) is 10.1 Å². The molecule has 2 rings (SSSR count). The summed E-state index contributed by atoms with van der Waals surface area (Å²) in [5.41, 5.74) is 5.79. The standard InChI is InChI=1S/C18H17FN2O4S/c1-11(17(20)23)25-18(24)14-4-2-3-5-15(14)26-10-16(22)21-13-8-6-12(19)7-9-13/h2-9,11H,10H2,1H3,(H2,20,23)(H,21,22)/t11-/m0/s1. The summed E-state index contributed by atoms with van der Waals surface area (Å²) in [6.45, 7) is 1.38. The fourth-order valence-electron chi connectivity index (χ4n) is 1.92. The number of hydrogen-bond donors (Lipinski definition) is 2. The monoisotopic (exact) mass is 376 g/mol. The van der Waals surface area contributed by atoms with Crippen molar-refractivity contribution in [1.29, 1.82) is 0 Å². The molecule has 2 aromatic carbocycles. The number of benzene rings is 2. The molecule has 26 heavy (non-hydrogen) atoms. The van der Waals surface area contributed by atoms with Crippen LogP contribution in [0.15, 0.2) is 53.4 Å². The average molecular weight is 376 g/mol. The number of thioether (sulfide) groups is 1. The molecule has 0 saturated heterocycles. The largest absolute Gasteiger partial charge is 0.449 e. The Morgan fingerprint density at radius 1 is 1.15 bits per heavy atom. The van der Waals surface area contributed by atoms with Gasteiger partial charge in [0.05, 0.1) is 11.3 Å². The van der Waals surface area contributed by atoms with Crippen molar-refractivity contribution in [3.63, 3.8) is 0 Å². The predicted octanol–water partition coefficient (Wildman–Crippen LogP) is 2.59. The zero-order chi connectivity index (χ0) is 19.1. The molecule has 0 aromatic heterocycles. The molecule has 2 amide bonds. The number of nitrogens with one attached hydrogen (secondary N) is 1. The van der Waals surface area contributed by atoms with E-state index in [9.17, 15) is 18.8 Å².